The fraction of sp³-hybridized carbons (Fsp3) is 0.364. The molecule has 0 saturated carbocycles. The number of aromatic nitrogens is 1. The standard InChI is InChI=1S/C11H14N2O2/c1-6-3-4-8-9(5-6)15-11(13-8)10(12)7(2)14/h3-5,7,10,14H,12H2,1-2H3. The lowest BCUT2D eigenvalue weighted by molar-refractivity contribution is 0.152. The van der Waals surface area contributed by atoms with E-state index in [4.69, 9.17) is 10.2 Å². The molecule has 2 unspecified atom stereocenters. The van der Waals surface area contributed by atoms with Gasteiger partial charge in [-0.3, -0.25) is 0 Å². The van der Waals surface area contributed by atoms with Crippen LogP contribution in [-0.2, 0) is 0 Å². The van der Waals surface area contributed by atoms with Crippen LogP contribution in [0.4, 0.5) is 0 Å². The molecule has 0 saturated heterocycles. The molecule has 4 heteroatoms. The number of hydrogen-bond acceptors (Lipinski definition) is 4. The highest BCUT2D eigenvalue weighted by Gasteiger charge is 2.18. The first-order chi connectivity index (χ1) is 7.08. The summed E-state index contributed by atoms with van der Waals surface area (Å²) in [4.78, 5) is 4.22. The highest BCUT2D eigenvalue weighted by Crippen LogP contribution is 2.21. The van der Waals surface area contributed by atoms with Crippen LogP contribution in [0.1, 0.15) is 24.4 Å². The van der Waals surface area contributed by atoms with E-state index in [9.17, 15) is 5.11 Å². The van der Waals surface area contributed by atoms with Crippen molar-refractivity contribution in [2.24, 2.45) is 5.73 Å². The molecule has 0 aliphatic rings. The van der Waals surface area contributed by atoms with Gasteiger partial charge in [0, 0.05) is 0 Å². The highest BCUT2D eigenvalue weighted by molar-refractivity contribution is 5.73. The van der Waals surface area contributed by atoms with Crippen LogP contribution in [0.15, 0.2) is 22.6 Å². The number of nitrogens with zero attached hydrogens (tertiary/aromatic N) is 1. The van der Waals surface area contributed by atoms with Gasteiger partial charge in [0.15, 0.2) is 5.58 Å². The molecular formula is C11H14N2O2. The molecule has 0 radical (unpaired) electrons. The summed E-state index contributed by atoms with van der Waals surface area (Å²) in [6, 6.07) is 5.17. The van der Waals surface area contributed by atoms with Crippen LogP contribution in [0.3, 0.4) is 0 Å². The van der Waals surface area contributed by atoms with Gasteiger partial charge < -0.3 is 15.3 Å². The second-order valence-electron chi connectivity index (χ2n) is 3.79. The van der Waals surface area contributed by atoms with E-state index in [2.05, 4.69) is 4.98 Å². The summed E-state index contributed by atoms with van der Waals surface area (Å²) >= 11 is 0. The first kappa shape index (κ1) is 10.1. The number of rotatable bonds is 2. The lowest BCUT2D eigenvalue weighted by atomic mass is 10.2. The van der Waals surface area contributed by atoms with Gasteiger partial charge in [-0.05, 0) is 31.5 Å². The zero-order valence-corrected chi connectivity index (χ0v) is 8.77. The molecular weight excluding hydrogens is 192 g/mol. The Morgan fingerprint density at radius 3 is 2.87 bits per heavy atom. The Morgan fingerprint density at radius 1 is 1.47 bits per heavy atom. The molecule has 2 rings (SSSR count). The van der Waals surface area contributed by atoms with Crippen molar-refractivity contribution >= 4 is 11.1 Å². The molecule has 3 N–H and O–H groups in total. The van der Waals surface area contributed by atoms with Gasteiger partial charge in [0.05, 0.1) is 6.10 Å². The van der Waals surface area contributed by atoms with E-state index in [0.29, 0.717) is 11.5 Å². The molecule has 1 aromatic heterocycles. The van der Waals surface area contributed by atoms with E-state index in [1.54, 1.807) is 6.92 Å². The summed E-state index contributed by atoms with van der Waals surface area (Å²) in [7, 11) is 0. The van der Waals surface area contributed by atoms with Crippen LogP contribution in [0.25, 0.3) is 11.1 Å². The topological polar surface area (TPSA) is 72.3 Å². The van der Waals surface area contributed by atoms with E-state index < -0.39 is 12.1 Å². The molecule has 0 bridgehead atoms. The number of fused-ring (bicyclic) bond motifs is 1. The van der Waals surface area contributed by atoms with Gasteiger partial charge in [-0.25, -0.2) is 4.98 Å². The van der Waals surface area contributed by atoms with Crippen LogP contribution < -0.4 is 5.73 Å². The molecule has 2 atom stereocenters. The maximum absolute atomic E-state index is 9.33. The predicted molar refractivity (Wildman–Crippen MR) is 57.4 cm³/mol. The van der Waals surface area contributed by atoms with E-state index in [0.717, 1.165) is 11.1 Å². The molecule has 0 aliphatic heterocycles. The minimum Gasteiger partial charge on any atom is -0.439 e. The van der Waals surface area contributed by atoms with Crippen molar-refractivity contribution in [1.29, 1.82) is 0 Å². The number of oxazole rings is 1. The first-order valence-corrected chi connectivity index (χ1v) is 4.88. The minimum atomic E-state index is -0.667. The quantitative estimate of drug-likeness (QED) is 0.781. The van der Waals surface area contributed by atoms with Gasteiger partial charge in [-0.1, -0.05) is 6.07 Å². The molecule has 15 heavy (non-hydrogen) atoms. The number of hydrogen-bond donors (Lipinski definition) is 2. The molecule has 0 spiro atoms. The zero-order valence-electron chi connectivity index (χ0n) is 8.77. The number of aryl methyl sites for hydroxylation is 1. The van der Waals surface area contributed by atoms with Crippen molar-refractivity contribution in [3.8, 4) is 0 Å². The van der Waals surface area contributed by atoms with Crippen molar-refractivity contribution in [1.82, 2.24) is 4.98 Å². The van der Waals surface area contributed by atoms with Gasteiger partial charge in [0.25, 0.3) is 0 Å². The summed E-state index contributed by atoms with van der Waals surface area (Å²) in [5, 5.41) is 9.33. The molecule has 1 heterocycles. The van der Waals surface area contributed by atoms with Crippen molar-refractivity contribution in [2.75, 3.05) is 0 Å². The van der Waals surface area contributed by atoms with Gasteiger partial charge in [-0.15, -0.1) is 0 Å². The second-order valence-corrected chi connectivity index (χ2v) is 3.79. The number of benzene rings is 1. The first-order valence-electron chi connectivity index (χ1n) is 4.88. The van der Waals surface area contributed by atoms with Crippen molar-refractivity contribution in [2.45, 2.75) is 26.0 Å². The maximum atomic E-state index is 9.33. The Morgan fingerprint density at radius 2 is 2.20 bits per heavy atom. The number of aliphatic hydroxyl groups is 1. The smallest absolute Gasteiger partial charge is 0.215 e. The number of nitrogens with two attached hydrogens (primary N) is 1. The largest absolute Gasteiger partial charge is 0.439 e. The summed E-state index contributed by atoms with van der Waals surface area (Å²) in [6.07, 6.45) is -0.667. The maximum Gasteiger partial charge on any atom is 0.215 e. The van der Waals surface area contributed by atoms with E-state index in [1.165, 1.54) is 0 Å². The van der Waals surface area contributed by atoms with Crippen LogP contribution in [0.2, 0.25) is 0 Å². The third-order valence-electron chi connectivity index (χ3n) is 2.37. The summed E-state index contributed by atoms with van der Waals surface area (Å²) < 4.78 is 5.48. The fourth-order valence-corrected chi connectivity index (χ4v) is 1.40. The van der Waals surface area contributed by atoms with Crippen LogP contribution in [-0.4, -0.2) is 16.2 Å². The Bertz CT molecular complexity index is 476. The average Bonchev–Trinajstić information content (AvgIpc) is 2.58. The zero-order chi connectivity index (χ0) is 11.0. The normalized spacial score (nSPS) is 15.5. The molecule has 80 valence electrons. The Labute approximate surface area is 87.7 Å². The van der Waals surface area contributed by atoms with E-state index in [-0.39, 0.29) is 0 Å². The fourth-order valence-electron chi connectivity index (χ4n) is 1.40. The monoisotopic (exact) mass is 206 g/mol. The molecule has 0 fully saturated rings. The Kier molecular flexibility index (Phi) is 2.46. The molecule has 0 amide bonds. The van der Waals surface area contributed by atoms with Crippen molar-refractivity contribution < 1.29 is 9.52 Å². The third-order valence-corrected chi connectivity index (χ3v) is 2.37. The van der Waals surface area contributed by atoms with Gasteiger partial charge >= 0.3 is 0 Å². The molecule has 2 aromatic rings. The van der Waals surface area contributed by atoms with Crippen molar-refractivity contribution in [3.05, 3.63) is 29.7 Å². The Hall–Kier alpha value is -1.39. The van der Waals surface area contributed by atoms with Crippen LogP contribution in [0.5, 0.6) is 0 Å². The SMILES string of the molecule is Cc1ccc2nc(C(N)C(C)O)oc2c1. The lowest BCUT2D eigenvalue weighted by Crippen LogP contribution is -2.23. The summed E-state index contributed by atoms with van der Waals surface area (Å²) in [5.74, 6) is 0.380. The van der Waals surface area contributed by atoms with Gasteiger partial charge in [0.1, 0.15) is 11.6 Å². The van der Waals surface area contributed by atoms with E-state index >= 15 is 0 Å². The number of aliphatic hydroxyl groups excluding tert-OH is 1. The summed E-state index contributed by atoms with van der Waals surface area (Å²) in [5.41, 5.74) is 8.32. The van der Waals surface area contributed by atoms with E-state index in [1.807, 2.05) is 25.1 Å². The average molecular weight is 206 g/mol. The Balaban J connectivity index is 2.47. The highest BCUT2D eigenvalue weighted by atomic mass is 16.4. The van der Waals surface area contributed by atoms with Crippen LogP contribution in [0, 0.1) is 6.92 Å². The van der Waals surface area contributed by atoms with Gasteiger partial charge in [-0.2, -0.15) is 0 Å². The lowest BCUT2D eigenvalue weighted by Gasteiger charge is -2.09. The van der Waals surface area contributed by atoms with Gasteiger partial charge in [0.2, 0.25) is 5.89 Å². The molecule has 1 aromatic carbocycles. The summed E-state index contributed by atoms with van der Waals surface area (Å²) in [6.45, 7) is 3.60. The predicted octanol–water partition coefficient (Wildman–Crippen LogP) is 1.52. The van der Waals surface area contributed by atoms with Crippen LogP contribution >= 0.6 is 0 Å². The third kappa shape index (κ3) is 1.86. The minimum absolute atomic E-state index is 0.380. The van der Waals surface area contributed by atoms with Crippen molar-refractivity contribution in [3.63, 3.8) is 0 Å². The molecule has 0 aliphatic carbocycles. The molecule has 4 nitrogen and oxygen atoms in total. The second kappa shape index (κ2) is 3.64.